The average Bonchev–Trinajstić information content (AvgIpc) is 2.13. The second kappa shape index (κ2) is 2.55. The van der Waals surface area contributed by atoms with E-state index in [0.717, 1.165) is 0 Å². The Balaban J connectivity index is 2.67. The molecule has 0 aliphatic carbocycles. The van der Waals surface area contributed by atoms with Crippen molar-refractivity contribution in [2.24, 2.45) is 0 Å². The van der Waals surface area contributed by atoms with E-state index in [-0.39, 0.29) is 12.3 Å². The van der Waals surface area contributed by atoms with Crippen LogP contribution in [0, 0.1) is 6.92 Å². The molecule has 1 heterocycles. The van der Waals surface area contributed by atoms with E-state index in [1.54, 1.807) is 6.92 Å². The lowest BCUT2D eigenvalue weighted by Gasteiger charge is -1.89. The van der Waals surface area contributed by atoms with Crippen molar-refractivity contribution < 1.29 is 4.79 Å². The van der Waals surface area contributed by atoms with Gasteiger partial charge in [0.1, 0.15) is 6.54 Å². The summed E-state index contributed by atoms with van der Waals surface area (Å²) < 4.78 is 0. The van der Waals surface area contributed by atoms with Gasteiger partial charge < -0.3 is 0 Å². The fraction of sp³-hybridized carbons (Fsp3) is 0.600. The summed E-state index contributed by atoms with van der Waals surface area (Å²) in [5, 5.41) is 11.0. The number of ketones is 1. The highest BCUT2D eigenvalue weighted by Crippen LogP contribution is 1.81. The van der Waals surface area contributed by atoms with Gasteiger partial charge in [-0.1, -0.05) is 0 Å². The molecule has 1 rings (SSSR count). The molecule has 5 nitrogen and oxygen atoms in total. The molecule has 0 aliphatic rings. The van der Waals surface area contributed by atoms with Crippen LogP contribution in [-0.2, 0) is 11.3 Å². The van der Waals surface area contributed by atoms with Gasteiger partial charge in [-0.05, 0) is 19.1 Å². The van der Waals surface area contributed by atoms with Gasteiger partial charge in [0, 0.05) is 0 Å². The second-order valence-corrected chi connectivity index (χ2v) is 2.07. The number of hydrogen-bond donors (Lipinski definition) is 0. The molecule has 5 heteroatoms. The molecule has 0 atom stereocenters. The number of nitrogens with zero attached hydrogens (tertiary/aromatic N) is 4. The van der Waals surface area contributed by atoms with Gasteiger partial charge in [-0.2, -0.15) is 4.80 Å². The zero-order valence-corrected chi connectivity index (χ0v) is 5.90. The molecule has 54 valence electrons. The third kappa shape index (κ3) is 1.61. The van der Waals surface area contributed by atoms with Crippen LogP contribution in [0.1, 0.15) is 12.7 Å². The zero-order valence-electron chi connectivity index (χ0n) is 5.90. The van der Waals surface area contributed by atoms with Crippen LogP contribution in [-0.4, -0.2) is 26.0 Å². The quantitative estimate of drug-likeness (QED) is 0.559. The van der Waals surface area contributed by atoms with Gasteiger partial charge in [0.05, 0.1) is 0 Å². The summed E-state index contributed by atoms with van der Waals surface area (Å²) >= 11 is 0. The predicted octanol–water partition coefficient (Wildman–Crippen LogP) is -0.429. The van der Waals surface area contributed by atoms with Gasteiger partial charge in [0.15, 0.2) is 11.6 Å². The maximum absolute atomic E-state index is 10.5. The molecule has 0 aliphatic heterocycles. The van der Waals surface area contributed by atoms with Gasteiger partial charge >= 0.3 is 0 Å². The van der Waals surface area contributed by atoms with E-state index in [2.05, 4.69) is 15.4 Å². The van der Waals surface area contributed by atoms with Crippen LogP contribution >= 0.6 is 0 Å². The van der Waals surface area contributed by atoms with Crippen LogP contribution in [0.3, 0.4) is 0 Å². The largest absolute Gasteiger partial charge is 0.298 e. The first-order valence-corrected chi connectivity index (χ1v) is 2.92. The molecule has 10 heavy (non-hydrogen) atoms. The normalized spacial score (nSPS) is 9.80. The molecule has 0 aromatic carbocycles. The molecule has 0 saturated carbocycles. The van der Waals surface area contributed by atoms with Gasteiger partial charge in [-0.3, -0.25) is 4.79 Å². The number of carbonyl (C=O) groups is 1. The number of tetrazole rings is 1. The molecule has 1 aromatic rings. The number of hydrogen-bond acceptors (Lipinski definition) is 4. The van der Waals surface area contributed by atoms with Crippen molar-refractivity contribution in [2.75, 3.05) is 0 Å². The van der Waals surface area contributed by atoms with Crippen molar-refractivity contribution in [1.82, 2.24) is 20.2 Å². The predicted molar refractivity (Wildman–Crippen MR) is 33.2 cm³/mol. The van der Waals surface area contributed by atoms with Crippen LogP contribution in [0.15, 0.2) is 0 Å². The monoisotopic (exact) mass is 140 g/mol. The van der Waals surface area contributed by atoms with Crippen LogP contribution in [0.2, 0.25) is 0 Å². The lowest BCUT2D eigenvalue weighted by molar-refractivity contribution is -0.117. The number of carbonyl (C=O) groups excluding carboxylic acids is 1. The molecule has 0 saturated heterocycles. The molecule has 0 bridgehead atoms. The maximum Gasteiger partial charge on any atom is 0.171 e. The van der Waals surface area contributed by atoms with Crippen LogP contribution in [0.4, 0.5) is 0 Å². The highest BCUT2D eigenvalue weighted by atomic mass is 16.1. The highest BCUT2D eigenvalue weighted by Gasteiger charge is 1.98. The first-order chi connectivity index (χ1) is 4.68. The van der Waals surface area contributed by atoms with E-state index >= 15 is 0 Å². The van der Waals surface area contributed by atoms with Crippen LogP contribution in [0.5, 0.6) is 0 Å². The number of aromatic nitrogens is 4. The molecular weight excluding hydrogens is 132 g/mol. The summed E-state index contributed by atoms with van der Waals surface area (Å²) in [6, 6.07) is 0. The van der Waals surface area contributed by atoms with Crippen molar-refractivity contribution in [3.8, 4) is 0 Å². The smallest absolute Gasteiger partial charge is 0.171 e. The first-order valence-electron chi connectivity index (χ1n) is 2.92. The average molecular weight is 140 g/mol. The van der Waals surface area contributed by atoms with Crippen molar-refractivity contribution in [2.45, 2.75) is 20.4 Å². The molecule has 0 unspecified atom stereocenters. The number of Topliss-reactive ketones (excluding diaryl/α,β-unsaturated/α-hetero) is 1. The molecule has 0 fully saturated rings. The van der Waals surface area contributed by atoms with Crippen LogP contribution in [0.25, 0.3) is 0 Å². The summed E-state index contributed by atoms with van der Waals surface area (Å²) in [6.45, 7) is 3.42. The Labute approximate surface area is 58.0 Å². The van der Waals surface area contributed by atoms with E-state index < -0.39 is 0 Å². The van der Waals surface area contributed by atoms with Crippen molar-refractivity contribution in [3.05, 3.63) is 5.82 Å². The third-order valence-corrected chi connectivity index (χ3v) is 0.917. The number of rotatable bonds is 2. The summed E-state index contributed by atoms with van der Waals surface area (Å²) in [7, 11) is 0. The lowest BCUT2D eigenvalue weighted by Crippen LogP contribution is -2.09. The minimum absolute atomic E-state index is 0.0254. The van der Waals surface area contributed by atoms with Crippen molar-refractivity contribution in [1.29, 1.82) is 0 Å². The summed E-state index contributed by atoms with van der Waals surface area (Å²) in [5.74, 6) is 0.610. The Morgan fingerprint density at radius 3 is 2.80 bits per heavy atom. The van der Waals surface area contributed by atoms with Gasteiger partial charge in [0.25, 0.3) is 0 Å². The van der Waals surface area contributed by atoms with E-state index in [1.807, 2.05) is 0 Å². The van der Waals surface area contributed by atoms with Gasteiger partial charge in [-0.15, -0.1) is 10.2 Å². The Kier molecular flexibility index (Phi) is 1.75. The Bertz CT molecular complexity index is 242. The van der Waals surface area contributed by atoms with E-state index in [9.17, 15) is 4.79 Å². The van der Waals surface area contributed by atoms with E-state index in [0.29, 0.717) is 5.82 Å². The van der Waals surface area contributed by atoms with Crippen molar-refractivity contribution >= 4 is 5.78 Å². The maximum atomic E-state index is 10.5. The zero-order chi connectivity index (χ0) is 7.56. The summed E-state index contributed by atoms with van der Waals surface area (Å²) in [5.41, 5.74) is 0. The highest BCUT2D eigenvalue weighted by molar-refractivity contribution is 5.74. The SMILES string of the molecule is CC(=O)Cn1nnc(C)n1. The fourth-order valence-electron chi connectivity index (χ4n) is 0.590. The molecular formula is C5H8N4O. The van der Waals surface area contributed by atoms with Gasteiger partial charge in [0.2, 0.25) is 0 Å². The molecule has 0 N–H and O–H groups in total. The van der Waals surface area contributed by atoms with Crippen LogP contribution < -0.4 is 0 Å². The Morgan fingerprint density at radius 2 is 2.40 bits per heavy atom. The summed E-state index contributed by atoms with van der Waals surface area (Å²) in [6.07, 6.45) is 0. The van der Waals surface area contributed by atoms with Crippen molar-refractivity contribution in [3.63, 3.8) is 0 Å². The molecule has 1 aromatic heterocycles. The number of aryl methyl sites for hydroxylation is 1. The molecule has 0 amide bonds. The summed E-state index contributed by atoms with van der Waals surface area (Å²) in [4.78, 5) is 11.8. The minimum Gasteiger partial charge on any atom is -0.298 e. The molecule has 0 radical (unpaired) electrons. The Hall–Kier alpha value is -1.26. The standard InChI is InChI=1S/C5H8N4O/c1-4(10)3-9-7-5(2)6-8-9/h3H2,1-2H3. The topological polar surface area (TPSA) is 60.7 Å². The fourth-order valence-corrected chi connectivity index (χ4v) is 0.590. The lowest BCUT2D eigenvalue weighted by atomic mass is 10.5. The first kappa shape index (κ1) is 6.85. The second-order valence-electron chi connectivity index (χ2n) is 2.07. The third-order valence-electron chi connectivity index (χ3n) is 0.917. The minimum atomic E-state index is 0.0254. The van der Waals surface area contributed by atoms with E-state index in [4.69, 9.17) is 0 Å². The Morgan fingerprint density at radius 1 is 1.70 bits per heavy atom. The molecule has 0 spiro atoms. The van der Waals surface area contributed by atoms with E-state index in [1.165, 1.54) is 11.7 Å². The van der Waals surface area contributed by atoms with Gasteiger partial charge in [-0.25, -0.2) is 0 Å².